The summed E-state index contributed by atoms with van der Waals surface area (Å²) in [6.45, 7) is 16.8. The van der Waals surface area contributed by atoms with E-state index in [0.29, 0.717) is 31.3 Å². The van der Waals surface area contributed by atoms with Crippen LogP contribution in [-0.2, 0) is 23.8 Å². The number of carbonyl (C=O) groups is 2. The predicted octanol–water partition coefficient (Wildman–Crippen LogP) is 4.57. The minimum Gasteiger partial charge on any atom is -0.481 e. The van der Waals surface area contributed by atoms with Gasteiger partial charge in [0, 0.05) is 32.2 Å². The molecule has 1 saturated heterocycles. The summed E-state index contributed by atoms with van der Waals surface area (Å²) in [4.78, 5) is 29.1. The SMILES string of the molecule is C=C(C)CN1C[C@H](OC[C@@]23C[C@@H]4[C@H](C)CC[C@H]4[C@@]4(C=O)C[C@@H]2C=C(C(C)C)[C@@]34C(=O)O)O[C@H](C)[C@@H](OC)C1. The van der Waals surface area contributed by atoms with Crippen LogP contribution < -0.4 is 0 Å². The third kappa shape index (κ3) is 3.68. The standard InChI is InChI=1S/C31H47NO6/c1-18(2)13-32-14-26(36-7)21(6)38-27(15-32)37-17-30-12-23-20(5)8-9-24(23)29(16-33)11-22(30)10-25(19(3)4)31(29,30)28(34)35/h10,16,19-24,26-27H,1,8-9,11-15,17H2,2-7H3,(H,34,35)/t20-,21-,22+,23-,24-,26+,27-,29+,30+,31+/m1/s1. The van der Waals surface area contributed by atoms with Gasteiger partial charge in [0.25, 0.3) is 0 Å². The molecule has 212 valence electrons. The Morgan fingerprint density at radius 3 is 2.63 bits per heavy atom. The number of methoxy groups -OCH3 is 1. The second-order valence-electron chi connectivity index (χ2n) is 13.5. The molecule has 10 atom stereocenters. The molecule has 0 aromatic carbocycles. The van der Waals surface area contributed by atoms with Crippen molar-refractivity contribution >= 4 is 12.3 Å². The lowest BCUT2D eigenvalue weighted by Crippen LogP contribution is -2.63. The molecule has 4 bridgehead atoms. The first kappa shape index (κ1) is 28.0. The minimum absolute atomic E-state index is 0.0143. The Morgan fingerprint density at radius 2 is 2.03 bits per heavy atom. The molecule has 0 spiro atoms. The van der Waals surface area contributed by atoms with Gasteiger partial charge in [-0.25, -0.2) is 0 Å². The molecule has 4 aliphatic carbocycles. The van der Waals surface area contributed by atoms with Crippen molar-refractivity contribution in [2.45, 2.75) is 78.8 Å². The number of allylic oxidation sites excluding steroid dienone is 1. The summed E-state index contributed by atoms with van der Waals surface area (Å²) in [6.07, 6.45) is 5.91. The smallest absolute Gasteiger partial charge is 0.315 e. The topological polar surface area (TPSA) is 85.3 Å². The third-order valence-corrected chi connectivity index (χ3v) is 11.2. The van der Waals surface area contributed by atoms with Crippen LogP contribution in [0.4, 0.5) is 0 Å². The highest BCUT2D eigenvalue weighted by Crippen LogP contribution is 2.82. The van der Waals surface area contributed by atoms with Gasteiger partial charge >= 0.3 is 5.97 Å². The molecule has 0 aromatic rings. The van der Waals surface area contributed by atoms with Gasteiger partial charge in [-0.3, -0.25) is 9.69 Å². The average Bonchev–Trinajstić information content (AvgIpc) is 3.37. The second kappa shape index (κ2) is 9.83. The zero-order chi connectivity index (χ0) is 27.6. The number of hydrogen-bond acceptors (Lipinski definition) is 6. The molecule has 0 unspecified atom stereocenters. The molecule has 38 heavy (non-hydrogen) atoms. The highest BCUT2D eigenvalue weighted by Gasteiger charge is 2.84. The van der Waals surface area contributed by atoms with Crippen molar-refractivity contribution in [3.05, 3.63) is 23.8 Å². The van der Waals surface area contributed by atoms with E-state index in [1.807, 2.05) is 13.8 Å². The Bertz CT molecular complexity index is 1010. The highest BCUT2D eigenvalue weighted by molar-refractivity contribution is 5.90. The van der Waals surface area contributed by atoms with Crippen molar-refractivity contribution in [1.82, 2.24) is 4.90 Å². The van der Waals surface area contributed by atoms with Gasteiger partial charge in [0.15, 0.2) is 6.29 Å². The van der Waals surface area contributed by atoms with Gasteiger partial charge in [-0.2, -0.15) is 0 Å². The van der Waals surface area contributed by atoms with Crippen LogP contribution in [0.5, 0.6) is 0 Å². The molecule has 1 aliphatic heterocycles. The number of hydrogen-bond donors (Lipinski definition) is 1. The minimum atomic E-state index is -1.23. The van der Waals surface area contributed by atoms with Gasteiger partial charge in [0.2, 0.25) is 0 Å². The number of carboxylic acids is 1. The summed E-state index contributed by atoms with van der Waals surface area (Å²) in [5, 5.41) is 11.2. The van der Waals surface area contributed by atoms with Gasteiger partial charge in [-0.1, -0.05) is 51.0 Å². The molecular formula is C31H47NO6. The van der Waals surface area contributed by atoms with E-state index in [4.69, 9.17) is 14.2 Å². The van der Waals surface area contributed by atoms with Crippen LogP contribution >= 0.6 is 0 Å². The number of carbonyl (C=O) groups excluding carboxylic acids is 1. The number of nitrogens with zero attached hydrogens (tertiary/aromatic N) is 1. The molecule has 1 heterocycles. The normalized spacial score (nSPS) is 46.1. The van der Waals surface area contributed by atoms with Crippen molar-refractivity contribution in [2.24, 2.45) is 45.8 Å². The van der Waals surface area contributed by atoms with Crippen LogP contribution in [-0.4, -0.2) is 74.1 Å². The molecule has 3 saturated carbocycles. The van der Waals surface area contributed by atoms with Gasteiger partial charge in [-0.15, -0.1) is 0 Å². The number of aldehydes is 1. The third-order valence-electron chi connectivity index (χ3n) is 11.2. The lowest BCUT2D eigenvalue weighted by atomic mass is 9.43. The molecule has 0 radical (unpaired) electrons. The number of fused-ring (bicyclic) bond motifs is 2. The fourth-order valence-electron chi connectivity index (χ4n) is 9.80. The zero-order valence-corrected chi connectivity index (χ0v) is 24.1. The summed E-state index contributed by atoms with van der Waals surface area (Å²) in [6, 6.07) is 0. The quantitative estimate of drug-likeness (QED) is 0.346. The molecular weight excluding hydrogens is 482 g/mol. The Balaban J connectivity index is 1.53. The van der Waals surface area contributed by atoms with E-state index >= 15 is 0 Å². The largest absolute Gasteiger partial charge is 0.481 e. The van der Waals surface area contributed by atoms with Crippen LogP contribution in [0.15, 0.2) is 23.8 Å². The van der Waals surface area contributed by atoms with Gasteiger partial charge in [0.05, 0.1) is 24.2 Å². The van der Waals surface area contributed by atoms with E-state index < -0.39 is 28.5 Å². The van der Waals surface area contributed by atoms with Crippen LogP contribution in [0, 0.1) is 45.8 Å². The lowest BCUT2D eigenvalue weighted by molar-refractivity contribution is -0.219. The van der Waals surface area contributed by atoms with Crippen LogP contribution in [0.25, 0.3) is 0 Å². The van der Waals surface area contributed by atoms with E-state index in [1.165, 1.54) is 0 Å². The average molecular weight is 530 g/mol. The van der Waals surface area contributed by atoms with Gasteiger partial charge in [0.1, 0.15) is 11.7 Å². The zero-order valence-electron chi connectivity index (χ0n) is 24.1. The molecule has 0 aromatic heterocycles. The monoisotopic (exact) mass is 529 g/mol. The molecule has 0 amide bonds. The Hall–Kier alpha value is -1.54. The maximum Gasteiger partial charge on any atom is 0.315 e. The fourth-order valence-corrected chi connectivity index (χ4v) is 9.80. The summed E-state index contributed by atoms with van der Waals surface area (Å²) >= 11 is 0. The predicted molar refractivity (Wildman–Crippen MR) is 144 cm³/mol. The van der Waals surface area contributed by atoms with Gasteiger partial charge in [-0.05, 0) is 62.7 Å². The summed E-state index contributed by atoms with van der Waals surface area (Å²) in [5.41, 5.74) is -0.763. The molecule has 7 nitrogen and oxygen atoms in total. The van der Waals surface area contributed by atoms with Crippen molar-refractivity contribution in [2.75, 3.05) is 33.4 Å². The van der Waals surface area contributed by atoms with E-state index in [-0.39, 0.29) is 36.6 Å². The molecule has 4 fully saturated rings. The Morgan fingerprint density at radius 1 is 1.29 bits per heavy atom. The first-order valence-corrected chi connectivity index (χ1v) is 14.6. The van der Waals surface area contributed by atoms with Crippen LogP contribution in [0.2, 0.25) is 0 Å². The number of carboxylic acid groups (broad SMARTS) is 1. The lowest BCUT2D eigenvalue weighted by Gasteiger charge is -2.58. The molecule has 1 N–H and O–H groups in total. The maximum absolute atomic E-state index is 13.6. The highest BCUT2D eigenvalue weighted by atomic mass is 16.7. The van der Waals surface area contributed by atoms with Crippen LogP contribution in [0.3, 0.4) is 0 Å². The summed E-state index contributed by atoms with van der Waals surface area (Å²) < 4.78 is 18.8. The molecule has 5 rings (SSSR count). The first-order chi connectivity index (χ1) is 18.0. The molecule has 7 heteroatoms. The Kier molecular flexibility index (Phi) is 7.24. The van der Waals surface area contributed by atoms with E-state index in [1.54, 1.807) is 7.11 Å². The maximum atomic E-state index is 13.6. The summed E-state index contributed by atoms with van der Waals surface area (Å²) in [5.74, 6) is 0.160. The number of rotatable bonds is 9. The second-order valence-corrected chi connectivity index (χ2v) is 13.5. The summed E-state index contributed by atoms with van der Waals surface area (Å²) in [7, 11) is 1.70. The van der Waals surface area contributed by atoms with Crippen molar-refractivity contribution < 1.29 is 28.9 Å². The van der Waals surface area contributed by atoms with E-state index in [2.05, 4.69) is 38.3 Å². The number of ether oxygens (including phenoxy) is 3. The molecule has 5 aliphatic rings. The van der Waals surface area contributed by atoms with Crippen LogP contribution in [0.1, 0.15) is 60.3 Å². The van der Waals surface area contributed by atoms with E-state index in [9.17, 15) is 14.7 Å². The first-order valence-electron chi connectivity index (χ1n) is 14.6. The van der Waals surface area contributed by atoms with E-state index in [0.717, 1.165) is 43.2 Å². The van der Waals surface area contributed by atoms with Crippen molar-refractivity contribution in [3.63, 3.8) is 0 Å². The van der Waals surface area contributed by atoms with Crippen molar-refractivity contribution in [3.8, 4) is 0 Å². The Labute approximate surface area is 227 Å². The fraction of sp³-hybridized carbons (Fsp3) is 0.806. The van der Waals surface area contributed by atoms with Gasteiger partial charge < -0.3 is 24.1 Å². The number of aliphatic carboxylic acids is 1. The van der Waals surface area contributed by atoms with Crippen molar-refractivity contribution in [1.29, 1.82) is 0 Å².